The standard InChI is InChI=1S/C11H14N4O2/c1-3-17-10(16)7(2)15-9-4-5-13-6-8(9)14-11(15)12/h4-7H,3H2,1-2H3,(H2,12,14). The number of hydrogen-bond donors (Lipinski definition) is 1. The second-order valence-corrected chi connectivity index (χ2v) is 3.63. The number of nitrogens with two attached hydrogens (primary N) is 1. The third-order valence-electron chi connectivity index (χ3n) is 2.53. The summed E-state index contributed by atoms with van der Waals surface area (Å²) in [4.78, 5) is 19.8. The smallest absolute Gasteiger partial charge is 0.328 e. The molecule has 0 aliphatic carbocycles. The summed E-state index contributed by atoms with van der Waals surface area (Å²) in [6.45, 7) is 3.84. The molecule has 2 heterocycles. The van der Waals surface area contributed by atoms with Crippen LogP contribution in [0.15, 0.2) is 18.5 Å². The number of carbonyl (C=O) groups excluding carboxylic acids is 1. The molecule has 6 heteroatoms. The van der Waals surface area contributed by atoms with Gasteiger partial charge in [-0.25, -0.2) is 9.78 Å². The summed E-state index contributed by atoms with van der Waals surface area (Å²) in [5, 5.41) is 0. The highest BCUT2D eigenvalue weighted by Crippen LogP contribution is 2.22. The van der Waals surface area contributed by atoms with Gasteiger partial charge < -0.3 is 10.5 Å². The average Bonchev–Trinajstić information content (AvgIpc) is 2.64. The van der Waals surface area contributed by atoms with Gasteiger partial charge in [0, 0.05) is 6.20 Å². The van der Waals surface area contributed by atoms with E-state index in [1.54, 1.807) is 36.9 Å². The lowest BCUT2D eigenvalue weighted by Crippen LogP contribution is -2.20. The number of nitrogen functional groups attached to an aromatic ring is 1. The van der Waals surface area contributed by atoms with Crippen molar-refractivity contribution in [2.24, 2.45) is 0 Å². The van der Waals surface area contributed by atoms with Crippen molar-refractivity contribution in [3.8, 4) is 0 Å². The minimum Gasteiger partial charge on any atom is -0.464 e. The summed E-state index contributed by atoms with van der Waals surface area (Å²) in [5.74, 6) is -0.0381. The number of imidazole rings is 1. The average molecular weight is 234 g/mol. The molecule has 2 aromatic rings. The van der Waals surface area contributed by atoms with E-state index in [1.165, 1.54) is 0 Å². The lowest BCUT2D eigenvalue weighted by atomic mass is 10.3. The number of carbonyl (C=O) groups is 1. The van der Waals surface area contributed by atoms with Crippen LogP contribution in [-0.4, -0.2) is 27.1 Å². The van der Waals surface area contributed by atoms with Crippen LogP contribution >= 0.6 is 0 Å². The van der Waals surface area contributed by atoms with Crippen LogP contribution in [0.1, 0.15) is 19.9 Å². The van der Waals surface area contributed by atoms with Crippen molar-refractivity contribution in [2.75, 3.05) is 12.3 Å². The summed E-state index contributed by atoms with van der Waals surface area (Å²) in [6.07, 6.45) is 3.25. The van der Waals surface area contributed by atoms with E-state index < -0.39 is 6.04 Å². The fourth-order valence-corrected chi connectivity index (χ4v) is 1.74. The van der Waals surface area contributed by atoms with E-state index >= 15 is 0 Å². The van der Waals surface area contributed by atoms with Crippen LogP contribution in [0, 0.1) is 0 Å². The molecule has 1 atom stereocenters. The zero-order chi connectivity index (χ0) is 12.4. The first kappa shape index (κ1) is 11.4. The fourth-order valence-electron chi connectivity index (χ4n) is 1.74. The highest BCUT2D eigenvalue weighted by Gasteiger charge is 2.21. The Balaban J connectivity index is 2.47. The molecule has 0 aromatic carbocycles. The predicted octanol–water partition coefficient (Wildman–Crippen LogP) is 1.14. The highest BCUT2D eigenvalue weighted by molar-refractivity contribution is 5.82. The van der Waals surface area contributed by atoms with Crippen LogP contribution in [-0.2, 0) is 9.53 Å². The zero-order valence-corrected chi connectivity index (χ0v) is 9.75. The van der Waals surface area contributed by atoms with Crippen molar-refractivity contribution in [3.05, 3.63) is 18.5 Å². The van der Waals surface area contributed by atoms with Gasteiger partial charge in [0.1, 0.15) is 11.6 Å². The summed E-state index contributed by atoms with van der Waals surface area (Å²) in [7, 11) is 0. The molecule has 0 bridgehead atoms. The molecule has 0 fully saturated rings. The Bertz CT molecular complexity index is 549. The minimum atomic E-state index is -0.498. The van der Waals surface area contributed by atoms with Gasteiger partial charge in [0.15, 0.2) is 0 Å². The first-order valence-corrected chi connectivity index (χ1v) is 5.39. The van der Waals surface area contributed by atoms with E-state index in [4.69, 9.17) is 10.5 Å². The first-order valence-electron chi connectivity index (χ1n) is 5.39. The number of fused-ring (bicyclic) bond motifs is 1. The Morgan fingerprint density at radius 2 is 2.41 bits per heavy atom. The van der Waals surface area contributed by atoms with Crippen molar-refractivity contribution in [1.82, 2.24) is 14.5 Å². The number of nitrogens with zero attached hydrogens (tertiary/aromatic N) is 3. The van der Waals surface area contributed by atoms with Crippen LogP contribution in [0.4, 0.5) is 5.95 Å². The van der Waals surface area contributed by atoms with Gasteiger partial charge in [0.05, 0.1) is 18.3 Å². The molecule has 0 amide bonds. The maximum absolute atomic E-state index is 11.7. The number of pyridine rings is 1. The lowest BCUT2D eigenvalue weighted by Gasteiger charge is -2.14. The molecule has 0 aliphatic rings. The van der Waals surface area contributed by atoms with Gasteiger partial charge in [-0.3, -0.25) is 9.55 Å². The molecule has 0 saturated carbocycles. The molecule has 2 N–H and O–H groups in total. The number of rotatable bonds is 3. The molecule has 17 heavy (non-hydrogen) atoms. The van der Waals surface area contributed by atoms with E-state index in [0.717, 1.165) is 5.52 Å². The highest BCUT2D eigenvalue weighted by atomic mass is 16.5. The lowest BCUT2D eigenvalue weighted by molar-refractivity contribution is -0.146. The SMILES string of the molecule is CCOC(=O)C(C)n1c(N)nc2cnccc21. The summed E-state index contributed by atoms with van der Waals surface area (Å²) < 4.78 is 6.62. The molecule has 90 valence electrons. The van der Waals surface area contributed by atoms with Crippen molar-refractivity contribution >= 4 is 23.0 Å². The third-order valence-corrected chi connectivity index (χ3v) is 2.53. The summed E-state index contributed by atoms with van der Waals surface area (Å²) >= 11 is 0. The quantitative estimate of drug-likeness (QED) is 0.805. The molecule has 2 rings (SSSR count). The Morgan fingerprint density at radius 1 is 1.65 bits per heavy atom. The third kappa shape index (κ3) is 1.93. The number of esters is 1. The molecule has 1 unspecified atom stereocenters. The van der Waals surface area contributed by atoms with Crippen LogP contribution < -0.4 is 5.73 Å². The summed E-state index contributed by atoms with van der Waals surface area (Å²) in [5.41, 5.74) is 7.25. The van der Waals surface area contributed by atoms with E-state index in [2.05, 4.69) is 9.97 Å². The van der Waals surface area contributed by atoms with Gasteiger partial charge in [0.25, 0.3) is 0 Å². The van der Waals surface area contributed by atoms with Crippen LogP contribution in [0.2, 0.25) is 0 Å². The van der Waals surface area contributed by atoms with Gasteiger partial charge in [0.2, 0.25) is 5.95 Å². The van der Waals surface area contributed by atoms with Crippen LogP contribution in [0.25, 0.3) is 11.0 Å². The van der Waals surface area contributed by atoms with E-state index in [-0.39, 0.29) is 11.9 Å². The molecular formula is C11H14N4O2. The molecule has 6 nitrogen and oxygen atoms in total. The van der Waals surface area contributed by atoms with Crippen molar-refractivity contribution in [2.45, 2.75) is 19.9 Å². The van der Waals surface area contributed by atoms with E-state index in [0.29, 0.717) is 12.1 Å². The molecule has 0 saturated heterocycles. The molecule has 0 spiro atoms. The normalized spacial score (nSPS) is 12.6. The topological polar surface area (TPSA) is 83.0 Å². The van der Waals surface area contributed by atoms with Gasteiger partial charge in [-0.2, -0.15) is 0 Å². The maximum Gasteiger partial charge on any atom is 0.328 e. The van der Waals surface area contributed by atoms with E-state index in [1.807, 2.05) is 0 Å². The van der Waals surface area contributed by atoms with Crippen LogP contribution in [0.3, 0.4) is 0 Å². The van der Waals surface area contributed by atoms with Crippen LogP contribution in [0.5, 0.6) is 0 Å². The summed E-state index contributed by atoms with van der Waals surface area (Å²) in [6, 6.07) is 1.27. The number of hydrogen-bond acceptors (Lipinski definition) is 5. The van der Waals surface area contributed by atoms with Crippen molar-refractivity contribution in [3.63, 3.8) is 0 Å². The van der Waals surface area contributed by atoms with E-state index in [9.17, 15) is 4.79 Å². The zero-order valence-electron chi connectivity index (χ0n) is 9.75. The Labute approximate surface area is 98.4 Å². The van der Waals surface area contributed by atoms with Crippen molar-refractivity contribution in [1.29, 1.82) is 0 Å². The molecule has 0 radical (unpaired) electrons. The fraction of sp³-hybridized carbons (Fsp3) is 0.364. The van der Waals surface area contributed by atoms with Gasteiger partial charge in [-0.15, -0.1) is 0 Å². The first-order chi connectivity index (χ1) is 8.15. The molecule has 0 aliphatic heterocycles. The Hall–Kier alpha value is -2.11. The molecule has 2 aromatic heterocycles. The van der Waals surface area contributed by atoms with Gasteiger partial charge in [-0.05, 0) is 19.9 Å². The Kier molecular flexibility index (Phi) is 2.95. The predicted molar refractivity (Wildman–Crippen MR) is 63.3 cm³/mol. The minimum absolute atomic E-state index is 0.286. The number of ether oxygens (including phenoxy) is 1. The molecular weight excluding hydrogens is 220 g/mol. The monoisotopic (exact) mass is 234 g/mol. The van der Waals surface area contributed by atoms with Gasteiger partial charge >= 0.3 is 5.97 Å². The van der Waals surface area contributed by atoms with Gasteiger partial charge in [-0.1, -0.05) is 0 Å². The second-order valence-electron chi connectivity index (χ2n) is 3.63. The number of aromatic nitrogens is 3. The number of anilines is 1. The second kappa shape index (κ2) is 4.40. The van der Waals surface area contributed by atoms with Crippen molar-refractivity contribution < 1.29 is 9.53 Å². The largest absolute Gasteiger partial charge is 0.464 e. The Morgan fingerprint density at radius 3 is 3.12 bits per heavy atom. The maximum atomic E-state index is 11.7.